The minimum absolute atomic E-state index is 0.00866. The van der Waals surface area contributed by atoms with Gasteiger partial charge in [-0.3, -0.25) is 23.9 Å². The molecule has 0 unspecified atom stereocenters. The van der Waals surface area contributed by atoms with Gasteiger partial charge in [0, 0.05) is 31.6 Å². The van der Waals surface area contributed by atoms with Crippen molar-refractivity contribution in [1.29, 1.82) is 0 Å². The topological polar surface area (TPSA) is 137 Å². The number of hydrogen-bond acceptors (Lipinski definition) is 7. The summed E-state index contributed by atoms with van der Waals surface area (Å²) in [5.74, 6) is -0.925. The van der Waals surface area contributed by atoms with Gasteiger partial charge in [-0.25, -0.2) is 4.79 Å². The molecule has 0 aliphatic carbocycles. The van der Waals surface area contributed by atoms with Gasteiger partial charge in [-0.1, -0.05) is 25.4 Å². The fraction of sp³-hybridized carbons (Fsp3) is 0.429. The number of amides is 1. The van der Waals surface area contributed by atoms with Crippen LogP contribution >= 0.6 is 11.6 Å². The molecule has 0 saturated heterocycles. The molecule has 2 rings (SSSR count). The first kappa shape index (κ1) is 25.2. The number of H-pyrrole nitrogens is 1. The Morgan fingerprint density at radius 1 is 1.19 bits per heavy atom. The molecule has 174 valence electrons. The highest BCUT2D eigenvalue weighted by atomic mass is 35.5. The fourth-order valence-corrected chi connectivity index (χ4v) is 3.08. The van der Waals surface area contributed by atoms with Gasteiger partial charge in [-0.05, 0) is 30.2 Å². The van der Waals surface area contributed by atoms with Gasteiger partial charge in [-0.15, -0.1) is 0 Å². The summed E-state index contributed by atoms with van der Waals surface area (Å²) in [6.45, 7) is 4.15. The highest BCUT2D eigenvalue weighted by molar-refractivity contribution is 6.30. The fourth-order valence-electron chi connectivity index (χ4n) is 2.96. The molecule has 0 radical (unpaired) electrons. The van der Waals surface area contributed by atoms with Gasteiger partial charge >= 0.3 is 11.7 Å². The van der Waals surface area contributed by atoms with E-state index in [0.29, 0.717) is 10.8 Å². The van der Waals surface area contributed by atoms with Gasteiger partial charge in [0.15, 0.2) is 5.69 Å². The maximum atomic E-state index is 12.9. The number of methoxy groups -OCH3 is 1. The van der Waals surface area contributed by atoms with Crippen LogP contribution in [-0.4, -0.2) is 41.7 Å². The lowest BCUT2D eigenvalue weighted by atomic mass is 10.2. The molecule has 0 saturated carbocycles. The molecule has 3 N–H and O–H groups in total. The standard InChI is InChI=1S/C21H27ClN4O6/c1-13(2)12-26-19(23)18(20(29)24-21(26)30)25(10-11-31-3)16(27)8-9-17(28)32-15-6-4-14(22)5-7-15/h4-7,13H,8-12,23H2,1-3H3,(H,24,29,30). The van der Waals surface area contributed by atoms with Gasteiger partial charge in [0.1, 0.15) is 11.6 Å². The molecular formula is C21H27ClN4O6. The van der Waals surface area contributed by atoms with Gasteiger partial charge in [0.25, 0.3) is 5.56 Å². The number of anilines is 2. The SMILES string of the molecule is COCCN(C(=O)CCC(=O)Oc1ccc(Cl)cc1)c1c(N)n(CC(C)C)c(=O)[nH]c1=O. The van der Waals surface area contributed by atoms with Crippen molar-refractivity contribution in [3.63, 3.8) is 0 Å². The quantitative estimate of drug-likeness (QED) is 0.402. The number of carbonyl (C=O) groups is 2. The minimum atomic E-state index is -0.791. The van der Waals surface area contributed by atoms with Crippen molar-refractivity contribution >= 4 is 35.0 Å². The van der Waals surface area contributed by atoms with Crippen LogP contribution in [0.5, 0.6) is 5.75 Å². The van der Waals surface area contributed by atoms with Gasteiger partial charge in [0.2, 0.25) is 5.91 Å². The van der Waals surface area contributed by atoms with Crippen LogP contribution in [-0.2, 0) is 20.9 Å². The number of nitrogens with two attached hydrogens (primary N) is 1. The summed E-state index contributed by atoms with van der Waals surface area (Å²) < 4.78 is 11.4. The highest BCUT2D eigenvalue weighted by Crippen LogP contribution is 2.20. The Labute approximate surface area is 189 Å². The Morgan fingerprint density at radius 2 is 1.84 bits per heavy atom. The van der Waals surface area contributed by atoms with Crippen molar-refractivity contribution in [2.45, 2.75) is 33.2 Å². The Kier molecular flexibility index (Phi) is 9.03. The van der Waals surface area contributed by atoms with E-state index in [1.165, 1.54) is 23.8 Å². The molecule has 0 atom stereocenters. The molecule has 11 heteroatoms. The number of aromatic nitrogens is 2. The number of ether oxygens (including phenoxy) is 2. The van der Waals surface area contributed by atoms with Crippen molar-refractivity contribution in [1.82, 2.24) is 9.55 Å². The highest BCUT2D eigenvalue weighted by Gasteiger charge is 2.25. The Hall–Kier alpha value is -3.11. The van der Waals surface area contributed by atoms with E-state index in [1.807, 2.05) is 13.8 Å². The van der Waals surface area contributed by atoms with E-state index in [0.717, 1.165) is 4.90 Å². The van der Waals surface area contributed by atoms with Gasteiger partial charge < -0.3 is 20.1 Å². The van der Waals surface area contributed by atoms with Crippen molar-refractivity contribution < 1.29 is 19.1 Å². The lowest BCUT2D eigenvalue weighted by Crippen LogP contribution is -2.43. The molecule has 2 aromatic rings. The lowest BCUT2D eigenvalue weighted by Gasteiger charge is -2.24. The number of rotatable bonds is 10. The minimum Gasteiger partial charge on any atom is -0.427 e. The van der Waals surface area contributed by atoms with Crippen molar-refractivity contribution in [2.75, 3.05) is 30.9 Å². The number of halogens is 1. The van der Waals surface area contributed by atoms with Crippen molar-refractivity contribution in [3.8, 4) is 5.75 Å². The second-order valence-electron chi connectivity index (χ2n) is 7.46. The summed E-state index contributed by atoms with van der Waals surface area (Å²) in [7, 11) is 1.44. The number of nitrogen functional groups attached to an aromatic ring is 1. The smallest absolute Gasteiger partial charge is 0.330 e. The number of esters is 1. The first-order chi connectivity index (χ1) is 15.1. The summed E-state index contributed by atoms with van der Waals surface area (Å²) in [4.78, 5) is 53.1. The van der Waals surface area contributed by atoms with Gasteiger partial charge in [0.05, 0.1) is 13.0 Å². The molecule has 10 nitrogen and oxygen atoms in total. The van der Waals surface area contributed by atoms with Crippen molar-refractivity contribution in [3.05, 3.63) is 50.1 Å². The first-order valence-electron chi connectivity index (χ1n) is 10.0. The normalized spacial score (nSPS) is 10.9. The van der Waals surface area contributed by atoms with E-state index >= 15 is 0 Å². The summed E-state index contributed by atoms with van der Waals surface area (Å²) in [6.07, 6.45) is -0.466. The molecule has 0 spiro atoms. The summed E-state index contributed by atoms with van der Waals surface area (Å²) >= 11 is 5.80. The summed E-state index contributed by atoms with van der Waals surface area (Å²) in [5, 5.41) is 0.496. The molecule has 1 heterocycles. The molecule has 1 aromatic carbocycles. The van der Waals surface area contributed by atoms with Crippen LogP contribution in [0.2, 0.25) is 5.02 Å². The lowest BCUT2D eigenvalue weighted by molar-refractivity contribution is -0.136. The second-order valence-corrected chi connectivity index (χ2v) is 7.90. The summed E-state index contributed by atoms with van der Waals surface area (Å²) in [6, 6.07) is 6.21. The van der Waals surface area contributed by atoms with Crippen molar-refractivity contribution in [2.24, 2.45) is 5.92 Å². The van der Waals surface area contributed by atoms with Crippen LogP contribution in [0.1, 0.15) is 26.7 Å². The zero-order valence-corrected chi connectivity index (χ0v) is 19.0. The third-order valence-electron chi connectivity index (χ3n) is 4.44. The largest absolute Gasteiger partial charge is 0.427 e. The van der Waals surface area contributed by atoms with E-state index in [4.69, 9.17) is 26.8 Å². The average molecular weight is 467 g/mol. The zero-order valence-electron chi connectivity index (χ0n) is 18.2. The number of carbonyl (C=O) groups excluding carboxylic acids is 2. The number of benzene rings is 1. The monoisotopic (exact) mass is 466 g/mol. The number of nitrogens with one attached hydrogen (secondary N) is 1. The number of nitrogens with zero attached hydrogens (tertiary/aromatic N) is 2. The molecule has 32 heavy (non-hydrogen) atoms. The Morgan fingerprint density at radius 3 is 2.44 bits per heavy atom. The average Bonchev–Trinajstić information content (AvgIpc) is 2.73. The summed E-state index contributed by atoms with van der Waals surface area (Å²) in [5.41, 5.74) is 4.52. The molecule has 1 amide bonds. The van der Waals surface area contributed by atoms with Crippen LogP contribution in [0.3, 0.4) is 0 Å². The maximum Gasteiger partial charge on any atom is 0.330 e. The van der Waals surface area contributed by atoms with Gasteiger partial charge in [-0.2, -0.15) is 0 Å². The predicted molar refractivity (Wildman–Crippen MR) is 121 cm³/mol. The van der Waals surface area contributed by atoms with Crippen LogP contribution in [0.15, 0.2) is 33.9 Å². The van der Waals surface area contributed by atoms with Crippen LogP contribution in [0, 0.1) is 5.92 Å². The molecule has 0 aliphatic heterocycles. The maximum absolute atomic E-state index is 12.9. The predicted octanol–water partition coefficient (Wildman–Crippen LogP) is 1.79. The van der Waals surface area contributed by atoms with E-state index in [1.54, 1.807) is 12.1 Å². The third kappa shape index (κ3) is 6.69. The van der Waals surface area contributed by atoms with Crippen LogP contribution < -0.4 is 26.6 Å². The Bertz CT molecular complexity index is 1060. The second kappa shape index (κ2) is 11.5. The zero-order chi connectivity index (χ0) is 23.8. The van der Waals surface area contributed by atoms with E-state index < -0.39 is 23.1 Å². The Balaban J connectivity index is 2.23. The molecule has 0 fully saturated rings. The molecule has 0 aliphatic rings. The number of hydrogen-bond donors (Lipinski definition) is 2. The molecule has 1 aromatic heterocycles. The third-order valence-corrected chi connectivity index (χ3v) is 4.69. The number of aromatic amines is 1. The van der Waals surface area contributed by atoms with E-state index in [-0.39, 0.29) is 50.0 Å². The van der Waals surface area contributed by atoms with Crippen LogP contribution in [0.25, 0.3) is 0 Å². The first-order valence-corrected chi connectivity index (χ1v) is 10.4. The molecule has 0 bridgehead atoms. The molecular weight excluding hydrogens is 440 g/mol. The van der Waals surface area contributed by atoms with E-state index in [9.17, 15) is 19.2 Å². The van der Waals surface area contributed by atoms with Crippen LogP contribution in [0.4, 0.5) is 11.5 Å². The van der Waals surface area contributed by atoms with E-state index in [2.05, 4.69) is 4.98 Å².